The van der Waals surface area contributed by atoms with Gasteiger partial charge in [-0.25, -0.2) is 4.98 Å². The lowest BCUT2D eigenvalue weighted by Crippen LogP contribution is -2.21. The van der Waals surface area contributed by atoms with Crippen LogP contribution in [0.3, 0.4) is 0 Å². The molecule has 0 fully saturated rings. The van der Waals surface area contributed by atoms with Crippen molar-refractivity contribution in [2.45, 2.75) is 30.4 Å². The maximum absolute atomic E-state index is 13.3. The van der Waals surface area contributed by atoms with Gasteiger partial charge in [0, 0.05) is 12.3 Å². The molecular formula is C21H27IN5O6PS. The number of H-pyrrole nitrogens is 1. The van der Waals surface area contributed by atoms with Crippen LogP contribution >= 0.6 is 41.9 Å². The van der Waals surface area contributed by atoms with Crippen molar-refractivity contribution in [3.8, 4) is 0 Å². The van der Waals surface area contributed by atoms with Gasteiger partial charge in [0.25, 0.3) is 5.56 Å². The molecule has 1 atom stereocenters. The molecule has 35 heavy (non-hydrogen) atoms. The van der Waals surface area contributed by atoms with Gasteiger partial charge in [0.1, 0.15) is 6.35 Å². The number of halogens is 1. The number of aromatic amines is 1. The molecule has 0 radical (unpaired) electrons. The minimum absolute atomic E-state index is 0.0126. The Morgan fingerprint density at radius 1 is 1.26 bits per heavy atom. The summed E-state index contributed by atoms with van der Waals surface area (Å²) in [6.07, 6.45) is 1.18. The number of nitrogens with zero attached hydrogens (tertiary/aromatic N) is 3. The summed E-state index contributed by atoms with van der Waals surface area (Å²) in [6.45, 7) is 4.24. The molecule has 2 heterocycles. The van der Waals surface area contributed by atoms with Gasteiger partial charge in [-0.15, -0.1) is 0 Å². The molecule has 3 aromatic rings. The van der Waals surface area contributed by atoms with E-state index in [1.54, 1.807) is 4.57 Å². The number of hydrogen-bond donors (Lipinski definition) is 2. The van der Waals surface area contributed by atoms with E-state index in [1.807, 2.05) is 44.2 Å². The average molecular weight is 635 g/mol. The fourth-order valence-electron chi connectivity index (χ4n) is 2.81. The summed E-state index contributed by atoms with van der Waals surface area (Å²) in [4.78, 5) is 34.5. The molecule has 2 aromatic heterocycles. The number of carbonyl (C=O) groups is 1. The molecule has 3 rings (SSSR count). The monoisotopic (exact) mass is 635 g/mol. The molecule has 1 aromatic carbocycles. The first kappa shape index (κ1) is 27.8. The first-order chi connectivity index (χ1) is 16.6. The Morgan fingerprint density at radius 3 is 2.71 bits per heavy atom. The van der Waals surface area contributed by atoms with E-state index in [0.29, 0.717) is 17.9 Å². The SMILES string of the molecule is CC(C)(I)C(=O)SCCOP(=O)(COCCn1cnc2c(=O)[nH]c(N)nc21)OCc1ccccc1. The Labute approximate surface area is 220 Å². The number of ether oxygens (including phenoxy) is 1. The standard InChI is InChI=1S/C21H27IN5O6PS/c1-21(2,22)19(29)35-11-10-32-34(30,33-12-15-6-4-3-5-7-15)14-31-9-8-27-13-24-16-17(27)25-20(23)26-18(16)28/h3-7,13H,8-12,14H2,1-2H3,(H3,23,25,26,28). The number of imidazole rings is 1. The number of benzene rings is 1. The average Bonchev–Trinajstić information content (AvgIpc) is 3.21. The molecule has 3 N–H and O–H groups in total. The summed E-state index contributed by atoms with van der Waals surface area (Å²) >= 11 is 3.20. The van der Waals surface area contributed by atoms with Crippen LogP contribution in [0.4, 0.5) is 5.95 Å². The number of nitrogens with two attached hydrogens (primary N) is 1. The van der Waals surface area contributed by atoms with Crippen LogP contribution in [0.2, 0.25) is 0 Å². The second-order valence-electron chi connectivity index (χ2n) is 7.91. The molecule has 11 nitrogen and oxygen atoms in total. The Bertz CT molecular complexity index is 1250. The van der Waals surface area contributed by atoms with E-state index >= 15 is 0 Å². The third kappa shape index (κ3) is 8.40. The van der Waals surface area contributed by atoms with Crippen LogP contribution < -0.4 is 11.3 Å². The highest BCUT2D eigenvalue weighted by Gasteiger charge is 2.27. The minimum atomic E-state index is -3.62. The van der Waals surface area contributed by atoms with Gasteiger partial charge in [-0.2, -0.15) is 4.98 Å². The predicted molar refractivity (Wildman–Crippen MR) is 144 cm³/mol. The van der Waals surface area contributed by atoms with Gasteiger partial charge in [0.05, 0.1) is 29.6 Å². The molecule has 0 bridgehead atoms. The van der Waals surface area contributed by atoms with Crippen molar-refractivity contribution in [1.29, 1.82) is 0 Å². The number of fused-ring (bicyclic) bond motifs is 1. The van der Waals surface area contributed by atoms with Gasteiger partial charge in [0.2, 0.25) is 11.1 Å². The zero-order valence-corrected chi connectivity index (χ0v) is 23.2. The zero-order chi connectivity index (χ0) is 25.5. The van der Waals surface area contributed by atoms with Crippen LogP contribution in [0.15, 0.2) is 41.5 Å². The molecule has 0 aliphatic carbocycles. The quantitative estimate of drug-likeness (QED) is 0.123. The topological polar surface area (TPSA) is 151 Å². The van der Waals surface area contributed by atoms with Crippen molar-refractivity contribution in [2.24, 2.45) is 0 Å². The minimum Gasteiger partial charge on any atom is -0.369 e. The Hall–Kier alpha value is -1.77. The zero-order valence-electron chi connectivity index (χ0n) is 19.3. The van der Waals surface area contributed by atoms with Gasteiger partial charge in [-0.3, -0.25) is 19.1 Å². The molecule has 0 amide bonds. The van der Waals surface area contributed by atoms with E-state index in [2.05, 4.69) is 37.5 Å². The number of rotatable bonds is 13. The fourth-order valence-corrected chi connectivity index (χ4v) is 5.39. The van der Waals surface area contributed by atoms with Crippen LogP contribution in [-0.4, -0.2) is 53.4 Å². The van der Waals surface area contributed by atoms with Gasteiger partial charge in [-0.1, -0.05) is 64.7 Å². The van der Waals surface area contributed by atoms with Crippen LogP contribution in [0.25, 0.3) is 11.2 Å². The summed E-state index contributed by atoms with van der Waals surface area (Å²) in [5, 5.41) is 0.0126. The highest BCUT2D eigenvalue weighted by molar-refractivity contribution is 14.1. The molecule has 0 aliphatic heterocycles. The summed E-state index contributed by atoms with van der Waals surface area (Å²) in [5.74, 6) is 0.326. The van der Waals surface area contributed by atoms with Crippen LogP contribution in [0.1, 0.15) is 19.4 Å². The lowest BCUT2D eigenvalue weighted by molar-refractivity contribution is -0.111. The first-order valence-electron chi connectivity index (χ1n) is 10.6. The van der Waals surface area contributed by atoms with Gasteiger partial charge >= 0.3 is 7.60 Å². The number of hydrogen-bond acceptors (Lipinski definition) is 10. The van der Waals surface area contributed by atoms with Gasteiger partial charge < -0.3 is 24.1 Å². The molecular weight excluding hydrogens is 608 g/mol. The predicted octanol–water partition coefficient (Wildman–Crippen LogP) is 3.58. The number of thioether (sulfide) groups is 1. The first-order valence-corrected chi connectivity index (χ1v) is 14.4. The number of carbonyl (C=O) groups excluding carboxylic acids is 1. The number of nitrogen functional groups attached to an aromatic ring is 1. The third-order valence-electron chi connectivity index (χ3n) is 4.58. The Kier molecular flexibility index (Phi) is 9.90. The maximum Gasteiger partial charge on any atom is 0.356 e. The van der Waals surface area contributed by atoms with E-state index in [4.69, 9.17) is 19.5 Å². The normalized spacial score (nSPS) is 13.7. The molecule has 0 saturated heterocycles. The van der Waals surface area contributed by atoms with E-state index in [-0.39, 0.29) is 42.7 Å². The lowest BCUT2D eigenvalue weighted by Gasteiger charge is -2.19. The second-order valence-corrected chi connectivity index (χ2v) is 13.7. The van der Waals surface area contributed by atoms with E-state index in [9.17, 15) is 14.2 Å². The van der Waals surface area contributed by atoms with Crippen molar-refractivity contribution in [2.75, 3.05) is 31.0 Å². The lowest BCUT2D eigenvalue weighted by atomic mass is 10.2. The van der Waals surface area contributed by atoms with Crippen LogP contribution in [0.5, 0.6) is 0 Å². The van der Waals surface area contributed by atoms with Crippen LogP contribution in [-0.2, 0) is 36.3 Å². The van der Waals surface area contributed by atoms with Crippen LogP contribution in [0, 0.1) is 0 Å². The highest BCUT2D eigenvalue weighted by atomic mass is 127. The maximum atomic E-state index is 13.3. The molecule has 0 saturated carbocycles. The molecule has 14 heteroatoms. The molecule has 1 unspecified atom stereocenters. The summed E-state index contributed by atoms with van der Waals surface area (Å²) in [5.41, 5.74) is 6.52. The number of aromatic nitrogens is 4. The fraction of sp³-hybridized carbons (Fsp3) is 0.429. The summed E-state index contributed by atoms with van der Waals surface area (Å²) in [6, 6.07) is 9.30. The molecule has 190 valence electrons. The van der Waals surface area contributed by atoms with Gasteiger partial charge in [-0.05, 0) is 19.4 Å². The smallest absolute Gasteiger partial charge is 0.356 e. The number of anilines is 1. The van der Waals surface area contributed by atoms with E-state index < -0.39 is 16.6 Å². The summed E-state index contributed by atoms with van der Waals surface area (Å²) in [7, 11) is -3.62. The second kappa shape index (κ2) is 12.5. The Morgan fingerprint density at radius 2 is 2.00 bits per heavy atom. The van der Waals surface area contributed by atoms with Crippen molar-refractivity contribution >= 4 is 64.2 Å². The Balaban J connectivity index is 1.56. The highest BCUT2D eigenvalue weighted by Crippen LogP contribution is 2.49. The van der Waals surface area contributed by atoms with Crippen molar-refractivity contribution in [3.05, 3.63) is 52.6 Å². The third-order valence-corrected chi connectivity index (χ3v) is 8.18. The van der Waals surface area contributed by atoms with E-state index in [1.165, 1.54) is 6.33 Å². The van der Waals surface area contributed by atoms with Gasteiger partial charge in [0.15, 0.2) is 11.2 Å². The molecule has 0 aliphatic rings. The van der Waals surface area contributed by atoms with Crippen molar-refractivity contribution in [3.63, 3.8) is 0 Å². The summed E-state index contributed by atoms with van der Waals surface area (Å²) < 4.78 is 31.3. The number of nitrogens with one attached hydrogen (secondary N) is 1. The van der Waals surface area contributed by atoms with Crippen molar-refractivity contribution < 1.29 is 23.1 Å². The largest absolute Gasteiger partial charge is 0.369 e. The van der Waals surface area contributed by atoms with Crippen molar-refractivity contribution in [1.82, 2.24) is 19.5 Å². The number of alkyl halides is 1. The van der Waals surface area contributed by atoms with E-state index in [0.717, 1.165) is 17.3 Å². The molecule has 0 spiro atoms.